The Bertz CT molecular complexity index is 810. The van der Waals surface area contributed by atoms with Gasteiger partial charge >= 0.3 is 5.69 Å². The molecule has 0 aliphatic heterocycles. The van der Waals surface area contributed by atoms with Gasteiger partial charge < -0.3 is 5.21 Å². The Morgan fingerprint density at radius 2 is 2.04 bits per heavy atom. The van der Waals surface area contributed by atoms with E-state index in [0.29, 0.717) is 30.0 Å². The maximum absolute atomic E-state index is 12.6. The molecule has 7 nitrogen and oxygen atoms in total. The molecule has 2 aromatic rings. The van der Waals surface area contributed by atoms with E-state index in [-0.39, 0.29) is 11.2 Å². The molecular weight excluding hydrogens is 308 g/mol. The molecular formula is C17H26N4O3. The minimum Gasteiger partial charge on any atom is -0.317 e. The van der Waals surface area contributed by atoms with Gasteiger partial charge in [0.15, 0.2) is 0 Å². The topological polar surface area (TPSA) is 89.2 Å². The summed E-state index contributed by atoms with van der Waals surface area (Å²) >= 11 is 0. The molecule has 0 bridgehead atoms. The van der Waals surface area contributed by atoms with Crippen LogP contribution in [0.2, 0.25) is 0 Å². The second kappa shape index (κ2) is 8.21. The zero-order chi connectivity index (χ0) is 17.7. The lowest BCUT2D eigenvalue weighted by molar-refractivity contribution is 0.159. The summed E-state index contributed by atoms with van der Waals surface area (Å²) in [7, 11) is 1.65. The van der Waals surface area contributed by atoms with Crippen molar-refractivity contribution in [2.45, 2.75) is 46.1 Å². The van der Waals surface area contributed by atoms with E-state index in [1.165, 1.54) is 9.13 Å². The highest BCUT2D eigenvalue weighted by Gasteiger charge is 2.12. The number of rotatable bonds is 8. The fourth-order valence-electron chi connectivity index (χ4n) is 2.91. The van der Waals surface area contributed by atoms with E-state index >= 15 is 0 Å². The van der Waals surface area contributed by atoms with Gasteiger partial charge in [-0.1, -0.05) is 19.8 Å². The predicted octanol–water partition coefficient (Wildman–Crippen LogP) is 1.58. The first-order valence-corrected chi connectivity index (χ1v) is 8.38. The molecule has 2 N–H and O–H groups in total. The third kappa shape index (κ3) is 4.10. The van der Waals surface area contributed by atoms with E-state index < -0.39 is 0 Å². The summed E-state index contributed by atoms with van der Waals surface area (Å²) in [6.45, 7) is 5.01. The van der Waals surface area contributed by atoms with Crippen molar-refractivity contribution >= 4 is 11.0 Å². The van der Waals surface area contributed by atoms with Crippen LogP contribution in [-0.4, -0.2) is 25.9 Å². The lowest BCUT2D eigenvalue weighted by Crippen LogP contribution is -2.39. The lowest BCUT2D eigenvalue weighted by Gasteiger charge is -2.12. The van der Waals surface area contributed by atoms with Crippen molar-refractivity contribution in [3.05, 3.63) is 38.7 Å². The fraction of sp³-hybridized carbons (Fsp3) is 0.588. The predicted molar refractivity (Wildman–Crippen MR) is 93.4 cm³/mol. The minimum absolute atomic E-state index is 0.262. The Morgan fingerprint density at radius 3 is 2.75 bits per heavy atom. The molecule has 0 radical (unpaired) electrons. The lowest BCUT2D eigenvalue weighted by atomic mass is 10.0. The van der Waals surface area contributed by atoms with Crippen LogP contribution in [0.25, 0.3) is 11.0 Å². The molecule has 0 aliphatic rings. The van der Waals surface area contributed by atoms with Crippen molar-refractivity contribution in [2.24, 2.45) is 13.0 Å². The molecule has 0 saturated carbocycles. The van der Waals surface area contributed by atoms with Gasteiger partial charge in [0, 0.05) is 26.3 Å². The van der Waals surface area contributed by atoms with Gasteiger partial charge in [-0.3, -0.25) is 13.9 Å². The molecule has 7 heteroatoms. The van der Waals surface area contributed by atoms with Crippen LogP contribution in [0.3, 0.4) is 0 Å². The third-order valence-electron chi connectivity index (χ3n) is 4.39. The largest absolute Gasteiger partial charge is 0.332 e. The number of hydroxylamine groups is 1. The Hall–Kier alpha value is -1.99. The standard InChI is InChI=1S/C17H26N4O3/c1-12(7-8-19-24)6-4-5-9-21-16(22)14-10-13(2)11-18-15(14)20(3)17(21)23/h10-12,19,24H,4-9H2,1-3H3. The van der Waals surface area contributed by atoms with Crippen LogP contribution in [0.1, 0.15) is 38.2 Å². The average molecular weight is 334 g/mol. The van der Waals surface area contributed by atoms with Gasteiger partial charge in [-0.2, -0.15) is 0 Å². The van der Waals surface area contributed by atoms with E-state index in [9.17, 15) is 9.59 Å². The summed E-state index contributed by atoms with van der Waals surface area (Å²) in [6, 6.07) is 1.78. The average Bonchev–Trinajstić information content (AvgIpc) is 2.57. The molecule has 1 unspecified atom stereocenters. The van der Waals surface area contributed by atoms with E-state index in [1.54, 1.807) is 19.3 Å². The van der Waals surface area contributed by atoms with Gasteiger partial charge in [0.25, 0.3) is 5.56 Å². The van der Waals surface area contributed by atoms with Crippen molar-refractivity contribution in [1.29, 1.82) is 0 Å². The summed E-state index contributed by atoms with van der Waals surface area (Å²) in [5, 5.41) is 9.08. The van der Waals surface area contributed by atoms with Crippen LogP contribution in [-0.2, 0) is 13.6 Å². The van der Waals surface area contributed by atoms with Gasteiger partial charge in [0.1, 0.15) is 5.65 Å². The summed E-state index contributed by atoms with van der Waals surface area (Å²) in [4.78, 5) is 29.2. The van der Waals surface area contributed by atoms with Crippen molar-refractivity contribution in [1.82, 2.24) is 19.6 Å². The van der Waals surface area contributed by atoms with Crippen molar-refractivity contribution < 1.29 is 5.21 Å². The molecule has 2 heterocycles. The Balaban J connectivity index is 2.12. The summed E-state index contributed by atoms with van der Waals surface area (Å²) < 4.78 is 2.75. The van der Waals surface area contributed by atoms with Gasteiger partial charge in [0.2, 0.25) is 0 Å². The Morgan fingerprint density at radius 1 is 1.29 bits per heavy atom. The maximum atomic E-state index is 12.6. The van der Waals surface area contributed by atoms with Crippen LogP contribution in [0, 0.1) is 12.8 Å². The number of fused-ring (bicyclic) bond motifs is 1. The SMILES string of the molecule is Cc1cnc2c(c1)c(=O)n(CCCCC(C)CCNO)c(=O)n2C. The van der Waals surface area contributed by atoms with Crippen LogP contribution in [0.5, 0.6) is 0 Å². The highest BCUT2D eigenvalue weighted by molar-refractivity contribution is 5.74. The molecule has 0 saturated heterocycles. The monoisotopic (exact) mass is 334 g/mol. The molecule has 0 spiro atoms. The summed E-state index contributed by atoms with van der Waals surface area (Å²) in [5.74, 6) is 0.493. The first-order chi connectivity index (χ1) is 11.5. The fourth-order valence-corrected chi connectivity index (χ4v) is 2.91. The second-order valence-electron chi connectivity index (χ2n) is 6.48. The third-order valence-corrected chi connectivity index (χ3v) is 4.39. The summed E-state index contributed by atoms with van der Waals surface area (Å²) in [5.41, 5.74) is 2.91. The molecule has 132 valence electrons. The second-order valence-corrected chi connectivity index (χ2v) is 6.48. The van der Waals surface area contributed by atoms with Gasteiger partial charge in [-0.05, 0) is 37.3 Å². The zero-order valence-electron chi connectivity index (χ0n) is 14.6. The zero-order valence-corrected chi connectivity index (χ0v) is 14.6. The molecule has 1 atom stereocenters. The maximum Gasteiger partial charge on any atom is 0.332 e. The molecule has 2 rings (SSSR count). The van der Waals surface area contributed by atoms with Crippen LogP contribution >= 0.6 is 0 Å². The van der Waals surface area contributed by atoms with Crippen LogP contribution < -0.4 is 16.7 Å². The molecule has 0 fully saturated rings. The Labute approximate surface area is 140 Å². The number of nitrogens with zero attached hydrogens (tertiary/aromatic N) is 3. The quantitative estimate of drug-likeness (QED) is 0.565. The first-order valence-electron chi connectivity index (χ1n) is 8.38. The van der Waals surface area contributed by atoms with Gasteiger partial charge in [0.05, 0.1) is 5.39 Å². The van der Waals surface area contributed by atoms with E-state index in [2.05, 4.69) is 17.4 Å². The molecule has 0 amide bonds. The van der Waals surface area contributed by atoms with E-state index in [0.717, 1.165) is 31.2 Å². The van der Waals surface area contributed by atoms with Crippen molar-refractivity contribution in [2.75, 3.05) is 6.54 Å². The molecule has 24 heavy (non-hydrogen) atoms. The summed E-state index contributed by atoms with van der Waals surface area (Å²) in [6.07, 6.45) is 5.28. The number of hydrogen-bond acceptors (Lipinski definition) is 5. The molecule has 0 aromatic carbocycles. The van der Waals surface area contributed by atoms with E-state index in [1.807, 2.05) is 6.92 Å². The number of hydrogen-bond donors (Lipinski definition) is 2. The van der Waals surface area contributed by atoms with Crippen molar-refractivity contribution in [3.8, 4) is 0 Å². The number of aryl methyl sites for hydroxylation is 2. The molecule has 0 aliphatic carbocycles. The van der Waals surface area contributed by atoms with E-state index in [4.69, 9.17) is 5.21 Å². The minimum atomic E-state index is -0.318. The first kappa shape index (κ1) is 18.4. The van der Waals surface area contributed by atoms with Crippen molar-refractivity contribution in [3.63, 3.8) is 0 Å². The number of aromatic nitrogens is 3. The highest BCUT2D eigenvalue weighted by atomic mass is 16.5. The molecule has 2 aromatic heterocycles. The highest BCUT2D eigenvalue weighted by Crippen LogP contribution is 2.12. The number of pyridine rings is 1. The van der Waals surface area contributed by atoms with Crippen LogP contribution in [0.15, 0.2) is 21.9 Å². The Kier molecular flexibility index (Phi) is 6.28. The number of nitrogens with one attached hydrogen (secondary N) is 1. The van der Waals surface area contributed by atoms with Gasteiger partial charge in [-0.15, -0.1) is 0 Å². The number of unbranched alkanes of at least 4 members (excludes halogenated alkanes) is 1. The van der Waals surface area contributed by atoms with Crippen LogP contribution in [0.4, 0.5) is 0 Å². The smallest absolute Gasteiger partial charge is 0.317 e. The normalized spacial score (nSPS) is 12.7. The van der Waals surface area contributed by atoms with Gasteiger partial charge in [-0.25, -0.2) is 15.3 Å².